The number of nitrogens with zero attached hydrogens (tertiary/aromatic N) is 1. The molecule has 1 unspecified atom stereocenters. The maximum Gasteiger partial charge on any atom is 0.329 e. The van der Waals surface area contributed by atoms with Crippen molar-refractivity contribution in [3.8, 4) is 0 Å². The topological polar surface area (TPSA) is 110 Å². The molecule has 3 amide bonds. The number of imide groups is 1. The van der Waals surface area contributed by atoms with E-state index in [0.717, 1.165) is 10.5 Å². The van der Waals surface area contributed by atoms with Gasteiger partial charge in [0, 0.05) is 17.2 Å². The number of Topliss-reactive ketones (excluding diaryl/α,β-unsaturated/α-hetero) is 1. The van der Waals surface area contributed by atoms with Crippen LogP contribution in [-0.4, -0.2) is 47.0 Å². The van der Waals surface area contributed by atoms with E-state index in [-0.39, 0.29) is 23.0 Å². The van der Waals surface area contributed by atoms with E-state index < -0.39 is 36.2 Å². The third-order valence-electron chi connectivity index (χ3n) is 5.15. The van der Waals surface area contributed by atoms with Gasteiger partial charge in [-0.15, -0.1) is 0 Å². The first-order valence-corrected chi connectivity index (χ1v) is 10.2. The average molecular weight is 436 g/mol. The fraction of sp³-hybridized carbons (Fsp3) is 0.292. The number of ether oxygens (including phenoxy) is 1. The van der Waals surface area contributed by atoms with Gasteiger partial charge in [0.2, 0.25) is 5.91 Å². The van der Waals surface area contributed by atoms with Crippen molar-refractivity contribution >= 4 is 35.2 Å². The second-order valence-corrected chi connectivity index (χ2v) is 7.96. The molecule has 0 bridgehead atoms. The minimum atomic E-state index is -1.18. The van der Waals surface area contributed by atoms with E-state index in [4.69, 9.17) is 4.74 Å². The lowest BCUT2D eigenvalue weighted by Gasteiger charge is -2.20. The van der Waals surface area contributed by atoms with Crippen molar-refractivity contribution in [2.24, 2.45) is 5.92 Å². The highest BCUT2D eigenvalue weighted by Gasteiger charge is 2.41. The number of hydrogen-bond acceptors (Lipinski definition) is 6. The highest BCUT2D eigenvalue weighted by Crippen LogP contribution is 2.26. The summed E-state index contributed by atoms with van der Waals surface area (Å²) >= 11 is 0. The van der Waals surface area contributed by atoms with Crippen molar-refractivity contribution in [3.63, 3.8) is 0 Å². The summed E-state index contributed by atoms with van der Waals surface area (Å²) in [4.78, 5) is 62.6. The zero-order chi connectivity index (χ0) is 23.6. The van der Waals surface area contributed by atoms with Gasteiger partial charge in [0.15, 0.2) is 12.4 Å². The molecule has 0 saturated heterocycles. The molecule has 32 heavy (non-hydrogen) atoms. The Kier molecular flexibility index (Phi) is 6.53. The number of carbonyl (C=O) groups excluding carboxylic acids is 5. The lowest BCUT2D eigenvalue weighted by Crippen LogP contribution is -2.44. The maximum atomic E-state index is 12.6. The largest absolute Gasteiger partial charge is 0.456 e. The van der Waals surface area contributed by atoms with Crippen LogP contribution < -0.4 is 5.32 Å². The first-order valence-electron chi connectivity index (χ1n) is 10.2. The molecule has 2 aromatic rings. The Morgan fingerprint density at radius 2 is 1.56 bits per heavy atom. The molecule has 2 aromatic carbocycles. The number of ketones is 1. The fourth-order valence-corrected chi connectivity index (χ4v) is 3.20. The molecule has 0 fully saturated rings. The van der Waals surface area contributed by atoms with Crippen LogP contribution in [0.1, 0.15) is 57.4 Å². The number of anilines is 1. The Morgan fingerprint density at radius 1 is 0.938 bits per heavy atom. The summed E-state index contributed by atoms with van der Waals surface area (Å²) in [6, 6.07) is 9.89. The highest BCUT2D eigenvalue weighted by molar-refractivity contribution is 6.22. The molecular weight excluding hydrogens is 412 g/mol. The lowest BCUT2D eigenvalue weighted by atomic mass is 10.1. The summed E-state index contributed by atoms with van der Waals surface area (Å²) in [6.45, 7) is 6.18. The van der Waals surface area contributed by atoms with E-state index in [9.17, 15) is 24.0 Å². The van der Waals surface area contributed by atoms with Crippen molar-refractivity contribution in [2.45, 2.75) is 33.7 Å². The molecule has 1 N–H and O–H groups in total. The Labute approximate surface area is 185 Å². The number of hydrogen-bond donors (Lipinski definition) is 1. The van der Waals surface area contributed by atoms with Crippen LogP contribution >= 0.6 is 0 Å². The Balaban J connectivity index is 1.59. The van der Waals surface area contributed by atoms with Gasteiger partial charge in [-0.25, -0.2) is 4.79 Å². The predicted molar refractivity (Wildman–Crippen MR) is 116 cm³/mol. The van der Waals surface area contributed by atoms with E-state index in [0.29, 0.717) is 11.3 Å². The number of esters is 1. The van der Waals surface area contributed by atoms with Crippen LogP contribution in [0.2, 0.25) is 0 Å². The molecule has 8 nitrogen and oxygen atoms in total. The molecule has 1 atom stereocenters. The molecule has 8 heteroatoms. The number of benzene rings is 2. The van der Waals surface area contributed by atoms with Crippen LogP contribution in [-0.2, 0) is 14.3 Å². The number of aryl methyl sites for hydroxylation is 1. The molecule has 0 spiro atoms. The normalized spacial score (nSPS) is 13.7. The van der Waals surface area contributed by atoms with Gasteiger partial charge in [-0.1, -0.05) is 25.5 Å². The zero-order valence-electron chi connectivity index (χ0n) is 18.3. The molecule has 1 heterocycles. The first-order chi connectivity index (χ1) is 15.1. The molecular formula is C24H24N2O6. The number of carbonyl (C=O) groups is 5. The molecule has 0 radical (unpaired) electrons. The van der Waals surface area contributed by atoms with Gasteiger partial charge in [0.05, 0.1) is 11.1 Å². The maximum absolute atomic E-state index is 12.6. The molecule has 3 rings (SSSR count). The van der Waals surface area contributed by atoms with Gasteiger partial charge in [0.25, 0.3) is 11.8 Å². The van der Waals surface area contributed by atoms with Crippen LogP contribution in [0.25, 0.3) is 0 Å². The summed E-state index contributed by atoms with van der Waals surface area (Å²) in [6.07, 6.45) is 0. The lowest BCUT2D eigenvalue weighted by molar-refractivity contribution is -0.146. The second kappa shape index (κ2) is 9.13. The highest BCUT2D eigenvalue weighted by atomic mass is 16.5. The minimum Gasteiger partial charge on any atom is -0.456 e. The number of rotatable bonds is 7. The van der Waals surface area contributed by atoms with E-state index in [2.05, 4.69) is 5.32 Å². The van der Waals surface area contributed by atoms with Crippen LogP contribution in [0.5, 0.6) is 0 Å². The average Bonchev–Trinajstić information content (AvgIpc) is 3.01. The van der Waals surface area contributed by atoms with Gasteiger partial charge in [-0.3, -0.25) is 24.1 Å². The first kappa shape index (κ1) is 22.9. The van der Waals surface area contributed by atoms with Gasteiger partial charge in [-0.05, 0) is 50.2 Å². The van der Waals surface area contributed by atoms with Gasteiger partial charge in [0.1, 0.15) is 6.04 Å². The predicted octanol–water partition coefficient (Wildman–Crippen LogP) is 3.00. The summed E-state index contributed by atoms with van der Waals surface area (Å²) < 4.78 is 5.07. The van der Waals surface area contributed by atoms with Gasteiger partial charge < -0.3 is 10.1 Å². The summed E-state index contributed by atoms with van der Waals surface area (Å²) in [5.74, 6) is -2.77. The molecule has 1 aliphatic rings. The number of fused-ring (bicyclic) bond motifs is 1. The van der Waals surface area contributed by atoms with Gasteiger partial charge in [-0.2, -0.15) is 0 Å². The molecule has 0 aliphatic carbocycles. The van der Waals surface area contributed by atoms with Crippen molar-refractivity contribution in [1.29, 1.82) is 0 Å². The number of amides is 3. The van der Waals surface area contributed by atoms with Crippen molar-refractivity contribution in [2.75, 3.05) is 11.9 Å². The fourth-order valence-electron chi connectivity index (χ4n) is 3.20. The standard InChI is InChI=1S/C24H24N2O6/c1-13(2)21(28)25-17-8-6-16(7-9-17)20(27)12-32-24(31)15(4)26-22(29)18-10-5-14(3)11-19(18)23(26)30/h5-11,13,15H,12H2,1-4H3,(H,25,28). The zero-order valence-corrected chi connectivity index (χ0v) is 18.3. The van der Waals surface area contributed by atoms with Crippen LogP contribution in [0.15, 0.2) is 42.5 Å². The minimum absolute atomic E-state index is 0.143. The summed E-state index contributed by atoms with van der Waals surface area (Å²) in [5, 5.41) is 2.72. The van der Waals surface area contributed by atoms with E-state index in [1.807, 2.05) is 0 Å². The third-order valence-corrected chi connectivity index (χ3v) is 5.15. The van der Waals surface area contributed by atoms with E-state index in [1.165, 1.54) is 19.1 Å². The second-order valence-electron chi connectivity index (χ2n) is 7.96. The van der Waals surface area contributed by atoms with Crippen LogP contribution in [0.3, 0.4) is 0 Å². The van der Waals surface area contributed by atoms with Crippen molar-refractivity contribution in [3.05, 3.63) is 64.7 Å². The van der Waals surface area contributed by atoms with Crippen LogP contribution in [0.4, 0.5) is 5.69 Å². The smallest absolute Gasteiger partial charge is 0.329 e. The van der Waals surface area contributed by atoms with Crippen LogP contribution in [0, 0.1) is 12.8 Å². The molecule has 166 valence electrons. The van der Waals surface area contributed by atoms with Gasteiger partial charge >= 0.3 is 5.97 Å². The summed E-state index contributed by atoms with van der Waals surface area (Å²) in [7, 11) is 0. The quantitative estimate of drug-likeness (QED) is 0.406. The molecule has 0 saturated carbocycles. The summed E-state index contributed by atoms with van der Waals surface area (Å²) in [5.41, 5.74) is 2.15. The van der Waals surface area contributed by atoms with Crippen molar-refractivity contribution in [1.82, 2.24) is 4.90 Å². The monoisotopic (exact) mass is 436 g/mol. The SMILES string of the molecule is Cc1ccc2c(c1)C(=O)N(C(C)C(=O)OCC(=O)c1ccc(NC(=O)C(C)C)cc1)C2=O. The Bertz CT molecular complexity index is 1100. The van der Waals surface area contributed by atoms with E-state index in [1.54, 1.807) is 51.1 Å². The molecule has 1 aliphatic heterocycles. The Morgan fingerprint density at radius 3 is 2.19 bits per heavy atom. The van der Waals surface area contributed by atoms with Crippen molar-refractivity contribution < 1.29 is 28.7 Å². The van der Waals surface area contributed by atoms with E-state index >= 15 is 0 Å². The molecule has 0 aromatic heterocycles. The Hall–Kier alpha value is -3.81. The third kappa shape index (κ3) is 4.59. The number of nitrogens with one attached hydrogen (secondary N) is 1.